The maximum atomic E-state index is 11.9. The van der Waals surface area contributed by atoms with Crippen LogP contribution >= 0.6 is 0 Å². The van der Waals surface area contributed by atoms with Crippen molar-refractivity contribution < 1.29 is 14.3 Å². The molecule has 0 N–H and O–H groups in total. The van der Waals surface area contributed by atoms with Gasteiger partial charge in [-0.2, -0.15) is 0 Å². The molecule has 0 saturated carbocycles. The average molecular weight is 372 g/mol. The quantitative estimate of drug-likeness (QED) is 0.356. The molecule has 3 nitrogen and oxygen atoms in total. The summed E-state index contributed by atoms with van der Waals surface area (Å²) in [7, 11) is 0. The van der Waals surface area contributed by atoms with Crippen LogP contribution in [0.3, 0.4) is 0 Å². The number of para-hydroxylation sites is 1. The summed E-state index contributed by atoms with van der Waals surface area (Å²) >= 11 is 0. The van der Waals surface area contributed by atoms with Crippen LogP contribution in [0.5, 0.6) is 11.5 Å². The van der Waals surface area contributed by atoms with Gasteiger partial charge in [-0.3, -0.25) is 0 Å². The van der Waals surface area contributed by atoms with E-state index in [0.29, 0.717) is 6.61 Å². The molecule has 3 aromatic rings. The predicted octanol–water partition coefficient (Wildman–Crippen LogP) is 6.06. The Bertz CT molecular complexity index is 898. The number of ether oxygens (including phenoxy) is 2. The normalized spacial score (nSPS) is 11.1. The molecule has 0 saturated heterocycles. The van der Waals surface area contributed by atoms with Crippen LogP contribution in [0.2, 0.25) is 0 Å². The minimum atomic E-state index is -0.298. The van der Waals surface area contributed by atoms with E-state index in [1.807, 2.05) is 79.7 Å². The van der Waals surface area contributed by atoms with Gasteiger partial charge in [-0.15, -0.1) is 0 Å². The van der Waals surface area contributed by atoms with Crippen molar-refractivity contribution >= 4 is 11.5 Å². The zero-order valence-electron chi connectivity index (χ0n) is 16.0. The predicted molar refractivity (Wildman–Crippen MR) is 112 cm³/mol. The van der Waals surface area contributed by atoms with Crippen LogP contribution in [-0.4, -0.2) is 12.6 Å². The maximum absolute atomic E-state index is 11.9. The van der Waals surface area contributed by atoms with E-state index in [-0.39, 0.29) is 5.97 Å². The highest BCUT2D eigenvalue weighted by molar-refractivity contribution is 5.91. The zero-order valence-corrected chi connectivity index (χ0v) is 16.0. The fourth-order valence-corrected chi connectivity index (χ4v) is 2.91. The Balaban J connectivity index is 1.66. The Hall–Kier alpha value is -3.33. The third-order valence-corrected chi connectivity index (χ3v) is 4.31. The summed E-state index contributed by atoms with van der Waals surface area (Å²) in [4.78, 5) is 11.9. The summed E-state index contributed by atoms with van der Waals surface area (Å²) in [5.41, 5.74) is 3.20. The van der Waals surface area contributed by atoms with Crippen molar-refractivity contribution in [3.05, 3.63) is 102 Å². The molecule has 3 heteroatoms. The molecule has 3 rings (SSSR count). The number of rotatable bonds is 8. The topological polar surface area (TPSA) is 35.5 Å². The number of hydrogen-bond donors (Lipinski definition) is 0. The maximum Gasteiger partial charge on any atom is 0.331 e. The van der Waals surface area contributed by atoms with Crippen molar-refractivity contribution in [2.24, 2.45) is 0 Å². The van der Waals surface area contributed by atoms with E-state index in [1.54, 1.807) is 6.08 Å². The van der Waals surface area contributed by atoms with Crippen molar-refractivity contribution in [2.45, 2.75) is 19.8 Å². The van der Waals surface area contributed by atoms with Gasteiger partial charge in [-0.1, -0.05) is 60.7 Å². The largest absolute Gasteiger partial charge is 0.463 e. The van der Waals surface area contributed by atoms with Gasteiger partial charge in [0.1, 0.15) is 11.5 Å². The molecule has 0 atom stereocenters. The van der Waals surface area contributed by atoms with Crippen molar-refractivity contribution in [3.8, 4) is 11.5 Å². The summed E-state index contributed by atoms with van der Waals surface area (Å²) in [6.45, 7) is 2.19. The summed E-state index contributed by atoms with van der Waals surface area (Å²) in [6.07, 6.45) is 3.18. The van der Waals surface area contributed by atoms with E-state index >= 15 is 0 Å². The van der Waals surface area contributed by atoms with Gasteiger partial charge in [0.15, 0.2) is 0 Å². The highest BCUT2D eigenvalue weighted by Crippen LogP contribution is 2.24. The number of allylic oxidation sites excluding steroid dienone is 1. The average Bonchev–Trinajstić information content (AvgIpc) is 2.74. The third-order valence-electron chi connectivity index (χ3n) is 4.31. The number of hydrogen-bond acceptors (Lipinski definition) is 3. The van der Waals surface area contributed by atoms with Crippen molar-refractivity contribution in [3.63, 3.8) is 0 Å². The van der Waals surface area contributed by atoms with E-state index in [2.05, 4.69) is 12.1 Å². The minimum absolute atomic E-state index is 0.298. The number of esters is 1. The van der Waals surface area contributed by atoms with Gasteiger partial charge in [0.05, 0.1) is 6.61 Å². The minimum Gasteiger partial charge on any atom is -0.463 e. The standard InChI is InChI=1S/C25H24O3/c1-2-27-25(26)19-22(21-9-5-3-6-10-21)16-13-20-14-17-24(18-15-20)28-23-11-7-4-8-12-23/h3-12,14-15,17-19H,2,13,16H2,1H3. The Morgan fingerprint density at radius 1 is 0.821 bits per heavy atom. The number of aryl methyl sites for hydroxylation is 1. The molecule has 0 aromatic heterocycles. The second kappa shape index (κ2) is 10.1. The number of carbonyl (C=O) groups excluding carboxylic acids is 1. The highest BCUT2D eigenvalue weighted by atomic mass is 16.5. The van der Waals surface area contributed by atoms with Gasteiger partial charge in [-0.05, 0) is 60.7 Å². The number of carbonyl (C=O) groups is 1. The molecule has 28 heavy (non-hydrogen) atoms. The van der Waals surface area contributed by atoms with Gasteiger partial charge in [0.2, 0.25) is 0 Å². The summed E-state index contributed by atoms with van der Waals surface area (Å²) < 4.78 is 10.9. The van der Waals surface area contributed by atoms with E-state index in [0.717, 1.165) is 35.5 Å². The molecule has 0 radical (unpaired) electrons. The molecule has 0 heterocycles. The SMILES string of the molecule is CCOC(=O)C=C(CCc1ccc(Oc2ccccc2)cc1)c1ccccc1. The highest BCUT2D eigenvalue weighted by Gasteiger charge is 2.07. The van der Waals surface area contributed by atoms with Crippen LogP contribution in [0, 0.1) is 0 Å². The molecule has 0 spiro atoms. The molecule has 0 unspecified atom stereocenters. The van der Waals surface area contributed by atoms with E-state index in [4.69, 9.17) is 9.47 Å². The van der Waals surface area contributed by atoms with Crippen LogP contribution in [-0.2, 0) is 16.0 Å². The molecule has 0 bridgehead atoms. The van der Waals surface area contributed by atoms with Crippen LogP contribution < -0.4 is 4.74 Å². The molecule has 3 aromatic carbocycles. The van der Waals surface area contributed by atoms with Crippen LogP contribution in [0.1, 0.15) is 24.5 Å². The second-order valence-electron chi connectivity index (χ2n) is 6.35. The smallest absolute Gasteiger partial charge is 0.331 e. The van der Waals surface area contributed by atoms with Crippen LogP contribution in [0.25, 0.3) is 5.57 Å². The first-order valence-corrected chi connectivity index (χ1v) is 9.49. The lowest BCUT2D eigenvalue weighted by molar-refractivity contribution is -0.137. The Morgan fingerprint density at radius 2 is 1.43 bits per heavy atom. The third kappa shape index (κ3) is 5.85. The van der Waals surface area contributed by atoms with Crippen LogP contribution in [0.15, 0.2) is 91.0 Å². The monoisotopic (exact) mass is 372 g/mol. The molecular weight excluding hydrogens is 348 g/mol. The fraction of sp³-hybridized carbons (Fsp3) is 0.160. The molecular formula is C25H24O3. The Labute approximate surface area is 166 Å². The Kier molecular flexibility index (Phi) is 7.02. The lowest BCUT2D eigenvalue weighted by atomic mass is 9.98. The Morgan fingerprint density at radius 3 is 2.07 bits per heavy atom. The molecule has 0 aliphatic carbocycles. The fourth-order valence-electron chi connectivity index (χ4n) is 2.91. The van der Waals surface area contributed by atoms with E-state index < -0.39 is 0 Å². The van der Waals surface area contributed by atoms with Gasteiger partial charge in [0.25, 0.3) is 0 Å². The van der Waals surface area contributed by atoms with Crippen molar-refractivity contribution in [1.82, 2.24) is 0 Å². The molecule has 0 fully saturated rings. The first-order valence-electron chi connectivity index (χ1n) is 9.49. The summed E-state index contributed by atoms with van der Waals surface area (Å²) in [5.74, 6) is 1.33. The van der Waals surface area contributed by atoms with Crippen molar-refractivity contribution in [1.29, 1.82) is 0 Å². The summed E-state index contributed by atoms with van der Waals surface area (Å²) in [5, 5.41) is 0. The van der Waals surface area contributed by atoms with Gasteiger partial charge >= 0.3 is 5.97 Å². The van der Waals surface area contributed by atoms with Gasteiger partial charge < -0.3 is 9.47 Å². The molecule has 0 aliphatic rings. The zero-order chi connectivity index (χ0) is 19.6. The van der Waals surface area contributed by atoms with Crippen LogP contribution in [0.4, 0.5) is 0 Å². The lowest BCUT2D eigenvalue weighted by Crippen LogP contribution is -2.02. The molecule has 0 aliphatic heterocycles. The lowest BCUT2D eigenvalue weighted by Gasteiger charge is -2.10. The van der Waals surface area contributed by atoms with E-state index in [1.165, 1.54) is 5.56 Å². The second-order valence-corrected chi connectivity index (χ2v) is 6.35. The van der Waals surface area contributed by atoms with E-state index in [9.17, 15) is 4.79 Å². The molecule has 142 valence electrons. The number of benzene rings is 3. The first-order chi connectivity index (χ1) is 13.7. The summed E-state index contributed by atoms with van der Waals surface area (Å²) in [6, 6.07) is 27.7. The van der Waals surface area contributed by atoms with Gasteiger partial charge in [-0.25, -0.2) is 4.79 Å². The molecule has 0 amide bonds. The van der Waals surface area contributed by atoms with Gasteiger partial charge in [0, 0.05) is 6.08 Å². The van der Waals surface area contributed by atoms with Crippen molar-refractivity contribution in [2.75, 3.05) is 6.61 Å². The first kappa shape index (κ1) is 19.4.